The van der Waals surface area contributed by atoms with Gasteiger partial charge in [-0.25, -0.2) is 4.99 Å². The Morgan fingerprint density at radius 2 is 2.04 bits per heavy atom. The van der Waals surface area contributed by atoms with Gasteiger partial charge in [0.25, 0.3) is 0 Å². The van der Waals surface area contributed by atoms with E-state index >= 15 is 0 Å². The van der Waals surface area contributed by atoms with Gasteiger partial charge in [0, 0.05) is 23.6 Å². The lowest BCUT2D eigenvalue weighted by atomic mass is 10.1. The van der Waals surface area contributed by atoms with E-state index in [9.17, 15) is 9.59 Å². The molecule has 0 saturated carbocycles. The Hall–Kier alpha value is -2.69. The third kappa shape index (κ3) is 3.40. The van der Waals surface area contributed by atoms with Gasteiger partial charge in [-0.15, -0.1) is 0 Å². The van der Waals surface area contributed by atoms with Crippen LogP contribution < -0.4 is 5.32 Å². The highest BCUT2D eigenvalue weighted by Crippen LogP contribution is 2.38. The summed E-state index contributed by atoms with van der Waals surface area (Å²) >= 11 is 0. The van der Waals surface area contributed by atoms with Crippen LogP contribution in [-0.2, 0) is 9.59 Å². The molecule has 2 aromatic rings. The minimum Gasteiger partial charge on any atom is -0.313 e. The Morgan fingerprint density at radius 3 is 2.64 bits per heavy atom. The number of aryl methyl sites for hydroxylation is 1. The fourth-order valence-corrected chi connectivity index (χ4v) is 3.14. The van der Waals surface area contributed by atoms with Crippen molar-refractivity contribution in [2.45, 2.75) is 46.6 Å². The third-order valence-electron chi connectivity index (χ3n) is 4.15. The maximum absolute atomic E-state index is 12.3. The number of piperidine rings is 1. The fraction of sp³-hybridized carbons (Fsp3) is 0.350. The number of aromatic nitrogens is 1. The molecule has 2 heterocycles. The van der Waals surface area contributed by atoms with Crippen molar-refractivity contribution in [2.24, 2.45) is 4.99 Å². The molecule has 1 aromatic carbocycles. The molecule has 1 aliphatic heterocycles. The number of rotatable bonds is 3. The SMILES string of the molecule is C=Cc1c(/N=C\C)n(C2CCC(=O)NC2=O)c2ccc(C)cc12.CC. The number of carbonyl (C=O) groups is 2. The summed E-state index contributed by atoms with van der Waals surface area (Å²) in [6.45, 7) is 11.8. The molecule has 1 aromatic heterocycles. The zero-order chi connectivity index (χ0) is 18.6. The van der Waals surface area contributed by atoms with Crippen LogP contribution in [0.5, 0.6) is 0 Å². The summed E-state index contributed by atoms with van der Waals surface area (Å²) in [5.41, 5.74) is 2.97. The summed E-state index contributed by atoms with van der Waals surface area (Å²) in [6.07, 6.45) is 4.29. The van der Waals surface area contributed by atoms with Crippen molar-refractivity contribution in [1.29, 1.82) is 0 Å². The van der Waals surface area contributed by atoms with Crippen LogP contribution in [0.4, 0.5) is 5.82 Å². The monoisotopic (exact) mass is 339 g/mol. The molecular weight excluding hydrogens is 314 g/mol. The Balaban J connectivity index is 0.00000109. The van der Waals surface area contributed by atoms with E-state index in [2.05, 4.69) is 23.0 Å². The second-order valence-corrected chi connectivity index (χ2v) is 5.69. The lowest BCUT2D eigenvalue weighted by molar-refractivity contribution is -0.135. The highest BCUT2D eigenvalue weighted by Gasteiger charge is 2.31. The first-order valence-electron chi connectivity index (χ1n) is 8.66. The van der Waals surface area contributed by atoms with Crippen LogP contribution in [0.2, 0.25) is 0 Å². The highest BCUT2D eigenvalue weighted by molar-refractivity contribution is 6.02. The highest BCUT2D eigenvalue weighted by atomic mass is 16.2. The molecule has 3 rings (SSSR count). The average Bonchev–Trinajstić information content (AvgIpc) is 2.89. The molecule has 1 saturated heterocycles. The molecule has 0 radical (unpaired) electrons. The van der Waals surface area contributed by atoms with Crippen molar-refractivity contribution < 1.29 is 9.59 Å². The Kier molecular flexibility index (Phi) is 5.91. The van der Waals surface area contributed by atoms with E-state index in [0.29, 0.717) is 18.7 Å². The molecule has 1 aliphatic rings. The number of hydrogen-bond acceptors (Lipinski definition) is 3. The van der Waals surface area contributed by atoms with Gasteiger partial charge in [0.05, 0.1) is 5.52 Å². The van der Waals surface area contributed by atoms with Crippen molar-refractivity contribution >= 4 is 40.8 Å². The Labute approximate surface area is 148 Å². The van der Waals surface area contributed by atoms with Gasteiger partial charge in [-0.2, -0.15) is 0 Å². The summed E-state index contributed by atoms with van der Waals surface area (Å²) in [7, 11) is 0. The molecule has 0 spiro atoms. The van der Waals surface area contributed by atoms with Gasteiger partial charge in [0.15, 0.2) is 0 Å². The van der Waals surface area contributed by atoms with Crippen LogP contribution >= 0.6 is 0 Å². The van der Waals surface area contributed by atoms with E-state index in [-0.39, 0.29) is 11.8 Å². The fourth-order valence-electron chi connectivity index (χ4n) is 3.14. The average molecular weight is 339 g/mol. The van der Waals surface area contributed by atoms with Crippen molar-refractivity contribution in [3.8, 4) is 0 Å². The quantitative estimate of drug-likeness (QED) is 0.668. The number of amides is 2. The van der Waals surface area contributed by atoms with E-state index in [1.54, 1.807) is 12.3 Å². The van der Waals surface area contributed by atoms with E-state index < -0.39 is 6.04 Å². The number of aliphatic imine (C=N–C) groups is 1. The van der Waals surface area contributed by atoms with Crippen molar-refractivity contribution in [3.63, 3.8) is 0 Å². The normalized spacial score (nSPS) is 17.4. The smallest absolute Gasteiger partial charge is 0.249 e. The topological polar surface area (TPSA) is 63.5 Å². The number of nitrogens with one attached hydrogen (secondary N) is 1. The maximum atomic E-state index is 12.3. The molecule has 1 fully saturated rings. The van der Waals surface area contributed by atoms with Crippen LogP contribution in [0.15, 0.2) is 29.8 Å². The van der Waals surface area contributed by atoms with E-state index in [0.717, 1.165) is 22.0 Å². The van der Waals surface area contributed by atoms with Crippen LogP contribution in [0.3, 0.4) is 0 Å². The van der Waals surface area contributed by atoms with Gasteiger partial charge in [-0.05, 0) is 32.4 Å². The summed E-state index contributed by atoms with van der Waals surface area (Å²) in [5.74, 6) is 0.211. The number of benzene rings is 1. The number of carbonyl (C=O) groups excluding carboxylic acids is 2. The van der Waals surface area contributed by atoms with E-state index in [1.165, 1.54) is 0 Å². The second kappa shape index (κ2) is 7.92. The molecule has 5 nitrogen and oxygen atoms in total. The Morgan fingerprint density at radius 1 is 1.32 bits per heavy atom. The molecule has 1 unspecified atom stereocenters. The molecule has 132 valence electrons. The summed E-state index contributed by atoms with van der Waals surface area (Å²) in [5, 5.41) is 3.44. The first-order valence-corrected chi connectivity index (χ1v) is 8.66. The van der Waals surface area contributed by atoms with Crippen molar-refractivity contribution in [2.75, 3.05) is 0 Å². The first kappa shape index (κ1) is 18.6. The summed E-state index contributed by atoms with van der Waals surface area (Å²) < 4.78 is 1.92. The van der Waals surface area contributed by atoms with E-state index in [4.69, 9.17) is 0 Å². The van der Waals surface area contributed by atoms with Gasteiger partial charge < -0.3 is 4.57 Å². The molecule has 0 bridgehead atoms. The van der Waals surface area contributed by atoms with Crippen LogP contribution in [0.25, 0.3) is 17.0 Å². The molecule has 0 aliphatic carbocycles. The summed E-state index contributed by atoms with van der Waals surface area (Å²) in [4.78, 5) is 28.3. The predicted molar refractivity (Wildman–Crippen MR) is 103 cm³/mol. The number of nitrogens with zero attached hydrogens (tertiary/aromatic N) is 2. The molecule has 25 heavy (non-hydrogen) atoms. The standard InChI is InChI=1S/C18H19N3O2.C2H6/c1-4-12-13-10-11(3)6-7-14(13)21(17(12)19-5-2)15-8-9-16(22)20-18(15)23;1-2/h4-7,10,15H,1,8-9H2,2-3H3,(H,20,22,23);1-2H3/b19-5-;. The number of fused-ring (bicyclic) bond motifs is 1. The zero-order valence-electron chi connectivity index (χ0n) is 15.3. The lowest BCUT2D eigenvalue weighted by Crippen LogP contribution is -2.41. The predicted octanol–water partition coefficient (Wildman–Crippen LogP) is 4.32. The molecule has 1 N–H and O–H groups in total. The van der Waals surface area contributed by atoms with Gasteiger partial charge >= 0.3 is 0 Å². The molecule has 2 amide bonds. The number of hydrogen-bond donors (Lipinski definition) is 1. The van der Waals surface area contributed by atoms with Gasteiger partial charge in [0.1, 0.15) is 11.9 Å². The minimum absolute atomic E-state index is 0.219. The van der Waals surface area contributed by atoms with Crippen LogP contribution in [-0.4, -0.2) is 22.6 Å². The van der Waals surface area contributed by atoms with Crippen LogP contribution in [0.1, 0.15) is 50.8 Å². The van der Waals surface area contributed by atoms with Gasteiger partial charge in [-0.3, -0.25) is 14.9 Å². The van der Waals surface area contributed by atoms with Crippen LogP contribution in [0, 0.1) is 6.92 Å². The second-order valence-electron chi connectivity index (χ2n) is 5.69. The van der Waals surface area contributed by atoms with E-state index in [1.807, 2.05) is 44.4 Å². The van der Waals surface area contributed by atoms with Gasteiger partial charge in [-0.1, -0.05) is 38.1 Å². The first-order chi connectivity index (χ1) is 12.1. The third-order valence-corrected chi connectivity index (χ3v) is 4.15. The molecule has 5 heteroatoms. The lowest BCUT2D eigenvalue weighted by Gasteiger charge is -2.24. The number of imide groups is 1. The van der Waals surface area contributed by atoms with Crippen molar-refractivity contribution in [1.82, 2.24) is 9.88 Å². The summed E-state index contributed by atoms with van der Waals surface area (Å²) in [6, 6.07) is 5.64. The molecular formula is C20H25N3O2. The molecule has 1 atom stereocenters. The largest absolute Gasteiger partial charge is 0.313 e. The minimum atomic E-state index is -0.440. The van der Waals surface area contributed by atoms with Crippen molar-refractivity contribution in [3.05, 3.63) is 35.9 Å². The zero-order valence-corrected chi connectivity index (χ0v) is 15.3. The maximum Gasteiger partial charge on any atom is 0.249 e. The Bertz CT molecular complexity index is 846. The van der Waals surface area contributed by atoms with Gasteiger partial charge in [0.2, 0.25) is 11.8 Å².